The van der Waals surface area contributed by atoms with Crippen LogP contribution in [-0.2, 0) is 14.3 Å². The van der Waals surface area contributed by atoms with Crippen molar-refractivity contribution in [1.82, 2.24) is 0 Å². The molecule has 4 aliphatic rings. The average Bonchev–Trinajstić information content (AvgIpc) is 2.97. The van der Waals surface area contributed by atoms with Gasteiger partial charge in [0.15, 0.2) is 5.78 Å². The number of rotatable bonds is 3. The molecule has 0 aromatic rings. The average molecular weight is 427 g/mol. The Balaban J connectivity index is 1.73. The van der Waals surface area contributed by atoms with Crippen LogP contribution in [0.1, 0.15) is 72.1 Å². The standard InChI is InChI=1S/C23H32Cl2O3/c1-13(26)16-9-10-17-15-8-7-14-6-4-5-11-22(14,2)19(15)18(12-23(16,17)3)28-21(27)20(24)25/h9,14-15,17-20H,4-8,10-12H2,1-3H3/t14-,15+,17+,18+,19-,22+,23-/m1/s1. The first kappa shape index (κ1) is 20.7. The normalized spacial score (nSPS) is 44.9. The molecule has 0 heterocycles. The molecule has 0 spiro atoms. The summed E-state index contributed by atoms with van der Waals surface area (Å²) in [6, 6.07) is 0. The number of halogens is 2. The molecule has 0 aromatic carbocycles. The van der Waals surface area contributed by atoms with E-state index in [1.807, 2.05) is 0 Å². The van der Waals surface area contributed by atoms with E-state index in [4.69, 9.17) is 27.9 Å². The van der Waals surface area contributed by atoms with Gasteiger partial charge in [0.25, 0.3) is 0 Å². The van der Waals surface area contributed by atoms with Crippen LogP contribution in [0.3, 0.4) is 0 Å². The second-order valence-electron chi connectivity index (χ2n) is 10.1. The topological polar surface area (TPSA) is 43.4 Å². The molecule has 5 heteroatoms. The van der Waals surface area contributed by atoms with Crippen LogP contribution in [0, 0.1) is 34.5 Å². The lowest BCUT2D eigenvalue weighted by Gasteiger charge is -2.62. The summed E-state index contributed by atoms with van der Waals surface area (Å²) in [5, 5.41) is 0. The van der Waals surface area contributed by atoms with Crippen LogP contribution in [0.2, 0.25) is 0 Å². The van der Waals surface area contributed by atoms with Crippen molar-refractivity contribution in [3.63, 3.8) is 0 Å². The Hall–Kier alpha value is -0.540. The van der Waals surface area contributed by atoms with Crippen LogP contribution in [0.4, 0.5) is 0 Å². The molecule has 156 valence electrons. The minimum absolute atomic E-state index is 0.152. The predicted octanol–water partition coefficient (Wildman–Crippen LogP) is 5.87. The zero-order chi connectivity index (χ0) is 20.3. The molecule has 3 saturated carbocycles. The molecule has 4 aliphatic carbocycles. The Bertz CT molecular complexity index is 702. The summed E-state index contributed by atoms with van der Waals surface area (Å²) in [5.74, 6) is 1.60. The molecule has 0 aliphatic heterocycles. The zero-order valence-corrected chi connectivity index (χ0v) is 18.7. The maximum Gasteiger partial charge on any atom is 0.339 e. The molecule has 4 rings (SSSR count). The molecule has 0 amide bonds. The molecule has 28 heavy (non-hydrogen) atoms. The Morgan fingerprint density at radius 1 is 1.18 bits per heavy atom. The van der Waals surface area contributed by atoms with E-state index < -0.39 is 10.8 Å². The van der Waals surface area contributed by atoms with Gasteiger partial charge in [-0.15, -0.1) is 0 Å². The third-order valence-corrected chi connectivity index (χ3v) is 9.26. The SMILES string of the molecule is CC(=O)C1=CC[C@H]2[C@@H]3CC[C@H]4CCCC[C@]4(C)[C@H]3[C@@H](OC(=O)C(Cl)Cl)C[C@]12C. The van der Waals surface area contributed by atoms with Gasteiger partial charge in [-0.3, -0.25) is 4.79 Å². The van der Waals surface area contributed by atoms with E-state index in [9.17, 15) is 9.59 Å². The summed E-state index contributed by atoms with van der Waals surface area (Å²) in [4.78, 5) is 23.6. The van der Waals surface area contributed by atoms with E-state index in [2.05, 4.69) is 19.9 Å². The highest BCUT2D eigenvalue weighted by Gasteiger charge is 2.62. The summed E-state index contributed by atoms with van der Waals surface area (Å²) in [5.41, 5.74) is 0.908. The number of hydrogen-bond acceptors (Lipinski definition) is 3. The monoisotopic (exact) mass is 426 g/mol. The second-order valence-corrected chi connectivity index (χ2v) is 11.2. The third-order valence-electron chi connectivity index (χ3n) is 8.90. The molecule has 0 unspecified atom stereocenters. The number of Topliss-reactive ketones (excluding diaryl/α,β-unsaturated/α-hetero) is 1. The number of allylic oxidation sites excluding steroid dienone is 2. The van der Waals surface area contributed by atoms with Crippen LogP contribution < -0.4 is 0 Å². The zero-order valence-electron chi connectivity index (χ0n) is 17.2. The van der Waals surface area contributed by atoms with Gasteiger partial charge in [-0.2, -0.15) is 0 Å². The van der Waals surface area contributed by atoms with E-state index in [1.54, 1.807) is 6.92 Å². The fraction of sp³-hybridized carbons (Fsp3) is 0.826. The van der Waals surface area contributed by atoms with E-state index in [0.717, 1.165) is 12.0 Å². The van der Waals surface area contributed by atoms with Crippen molar-refractivity contribution in [1.29, 1.82) is 0 Å². The van der Waals surface area contributed by atoms with Gasteiger partial charge in [0.2, 0.25) is 4.84 Å². The van der Waals surface area contributed by atoms with Crippen molar-refractivity contribution in [2.45, 2.75) is 83.1 Å². The lowest BCUT2D eigenvalue weighted by Crippen LogP contribution is -2.59. The van der Waals surface area contributed by atoms with Gasteiger partial charge in [-0.1, -0.05) is 56.0 Å². The van der Waals surface area contributed by atoms with Crippen molar-refractivity contribution in [2.24, 2.45) is 34.5 Å². The lowest BCUT2D eigenvalue weighted by molar-refractivity contribution is -0.187. The first-order valence-electron chi connectivity index (χ1n) is 10.9. The van der Waals surface area contributed by atoms with E-state index in [-0.39, 0.29) is 22.7 Å². The van der Waals surface area contributed by atoms with Gasteiger partial charge in [-0.05, 0) is 74.2 Å². The highest BCUT2D eigenvalue weighted by molar-refractivity contribution is 6.52. The van der Waals surface area contributed by atoms with Crippen LogP contribution in [0.25, 0.3) is 0 Å². The van der Waals surface area contributed by atoms with Crippen molar-refractivity contribution in [3.05, 3.63) is 11.6 Å². The maximum atomic E-state index is 12.4. The number of carbonyl (C=O) groups excluding carboxylic acids is 2. The maximum absolute atomic E-state index is 12.4. The number of fused-ring (bicyclic) bond motifs is 5. The number of hydrogen-bond donors (Lipinski definition) is 0. The molecular weight excluding hydrogens is 395 g/mol. The predicted molar refractivity (Wildman–Crippen MR) is 111 cm³/mol. The molecule has 0 aromatic heterocycles. The highest BCUT2D eigenvalue weighted by atomic mass is 35.5. The largest absolute Gasteiger partial charge is 0.460 e. The van der Waals surface area contributed by atoms with Crippen molar-refractivity contribution >= 4 is 35.0 Å². The minimum atomic E-state index is -1.16. The molecule has 7 atom stereocenters. The minimum Gasteiger partial charge on any atom is -0.460 e. The first-order valence-corrected chi connectivity index (χ1v) is 11.8. The molecule has 0 N–H and O–H groups in total. The quantitative estimate of drug-likeness (QED) is 0.418. The summed E-state index contributed by atoms with van der Waals surface area (Å²) in [6.45, 7) is 6.31. The molecule has 0 radical (unpaired) electrons. The van der Waals surface area contributed by atoms with Gasteiger partial charge in [0, 0.05) is 11.3 Å². The highest BCUT2D eigenvalue weighted by Crippen LogP contribution is 2.66. The summed E-state index contributed by atoms with van der Waals surface area (Å²) in [7, 11) is 0. The lowest BCUT2D eigenvalue weighted by atomic mass is 9.44. The molecular formula is C23H32Cl2O3. The van der Waals surface area contributed by atoms with Crippen molar-refractivity contribution in [3.8, 4) is 0 Å². The van der Waals surface area contributed by atoms with Gasteiger partial charge < -0.3 is 4.74 Å². The Morgan fingerprint density at radius 2 is 1.93 bits per heavy atom. The smallest absolute Gasteiger partial charge is 0.339 e. The summed E-state index contributed by atoms with van der Waals surface area (Å²) in [6.07, 6.45) is 11.1. The van der Waals surface area contributed by atoms with Gasteiger partial charge in [0.05, 0.1) is 0 Å². The number of ether oxygens (including phenoxy) is 1. The van der Waals surface area contributed by atoms with Gasteiger partial charge in [0.1, 0.15) is 6.10 Å². The Morgan fingerprint density at radius 3 is 2.61 bits per heavy atom. The second kappa shape index (κ2) is 7.30. The number of alkyl halides is 2. The van der Waals surface area contributed by atoms with Crippen molar-refractivity contribution in [2.75, 3.05) is 0 Å². The van der Waals surface area contributed by atoms with E-state index in [0.29, 0.717) is 30.1 Å². The summed E-state index contributed by atoms with van der Waals surface area (Å²) >= 11 is 11.7. The van der Waals surface area contributed by atoms with Crippen LogP contribution >= 0.6 is 23.2 Å². The number of ketones is 1. The molecule has 3 fully saturated rings. The van der Waals surface area contributed by atoms with Crippen LogP contribution in [0.15, 0.2) is 11.6 Å². The molecule has 0 bridgehead atoms. The van der Waals surface area contributed by atoms with Crippen LogP contribution in [0.5, 0.6) is 0 Å². The van der Waals surface area contributed by atoms with Crippen molar-refractivity contribution < 1.29 is 14.3 Å². The molecule has 3 nitrogen and oxygen atoms in total. The molecule has 0 saturated heterocycles. The third kappa shape index (κ3) is 3.07. The number of esters is 1. The Kier molecular flexibility index (Phi) is 5.41. The van der Waals surface area contributed by atoms with E-state index >= 15 is 0 Å². The first-order chi connectivity index (χ1) is 13.2. The Labute approximate surface area is 178 Å². The van der Waals surface area contributed by atoms with Gasteiger partial charge >= 0.3 is 5.97 Å². The fourth-order valence-corrected chi connectivity index (χ4v) is 7.91. The van der Waals surface area contributed by atoms with Gasteiger partial charge in [-0.25, -0.2) is 4.79 Å². The van der Waals surface area contributed by atoms with E-state index in [1.165, 1.54) is 38.5 Å². The number of carbonyl (C=O) groups is 2. The fourth-order valence-electron chi connectivity index (χ4n) is 7.81. The summed E-state index contributed by atoms with van der Waals surface area (Å²) < 4.78 is 6.00. The van der Waals surface area contributed by atoms with Crippen LogP contribution in [-0.4, -0.2) is 22.7 Å².